The first-order chi connectivity index (χ1) is 8.32. The Morgan fingerprint density at radius 1 is 1.56 bits per heavy atom. The van der Waals surface area contributed by atoms with Gasteiger partial charge in [0.25, 0.3) is 18.0 Å². The van der Waals surface area contributed by atoms with Crippen LogP contribution in [-0.4, -0.2) is 35.7 Å². The quantitative estimate of drug-likeness (QED) is 0.628. The van der Waals surface area contributed by atoms with Crippen LogP contribution in [0.25, 0.3) is 0 Å². The molecule has 0 aliphatic rings. The number of nitro groups is 1. The lowest BCUT2D eigenvalue weighted by Gasteiger charge is -2.17. The third-order valence-electron chi connectivity index (χ3n) is 2.15. The number of halogens is 3. The molecule has 1 rings (SSSR count). The Balaban J connectivity index is 3.04. The summed E-state index contributed by atoms with van der Waals surface area (Å²) in [4.78, 5) is 22.4. The SMILES string of the molecule is CN(CC(F)F)C(=O)c1cc([N+](=O)[O-])ccc1Cl. The van der Waals surface area contributed by atoms with Gasteiger partial charge in [-0.25, -0.2) is 8.78 Å². The number of hydrogen-bond donors (Lipinski definition) is 0. The average Bonchev–Trinajstić information content (AvgIpc) is 2.27. The summed E-state index contributed by atoms with van der Waals surface area (Å²) in [5, 5.41) is 10.5. The van der Waals surface area contributed by atoms with Gasteiger partial charge in [0.2, 0.25) is 0 Å². The van der Waals surface area contributed by atoms with Crippen LogP contribution in [-0.2, 0) is 0 Å². The maximum Gasteiger partial charge on any atom is 0.270 e. The summed E-state index contributed by atoms with van der Waals surface area (Å²) >= 11 is 5.72. The molecule has 0 spiro atoms. The van der Waals surface area contributed by atoms with Crippen molar-refractivity contribution in [2.75, 3.05) is 13.6 Å². The first-order valence-electron chi connectivity index (χ1n) is 4.80. The molecule has 1 amide bonds. The second-order valence-corrected chi connectivity index (χ2v) is 3.91. The summed E-state index contributed by atoms with van der Waals surface area (Å²) in [6, 6.07) is 3.28. The molecule has 0 saturated heterocycles. The average molecular weight is 279 g/mol. The van der Waals surface area contributed by atoms with Crippen LogP contribution in [0.1, 0.15) is 10.4 Å². The molecule has 0 heterocycles. The van der Waals surface area contributed by atoms with E-state index in [2.05, 4.69) is 0 Å². The van der Waals surface area contributed by atoms with Crippen molar-refractivity contribution in [1.29, 1.82) is 0 Å². The number of rotatable bonds is 4. The minimum absolute atomic E-state index is 0.0216. The minimum Gasteiger partial charge on any atom is -0.336 e. The molecule has 0 aromatic heterocycles. The van der Waals surface area contributed by atoms with Crippen molar-refractivity contribution >= 4 is 23.2 Å². The molecule has 0 aliphatic carbocycles. The number of non-ortho nitro benzene ring substituents is 1. The minimum atomic E-state index is -2.68. The summed E-state index contributed by atoms with van der Waals surface area (Å²) in [5.74, 6) is -0.788. The molecule has 0 N–H and O–H groups in total. The summed E-state index contributed by atoms with van der Waals surface area (Å²) in [6.45, 7) is -0.766. The summed E-state index contributed by atoms with van der Waals surface area (Å²) in [5.41, 5.74) is -0.498. The third-order valence-corrected chi connectivity index (χ3v) is 2.48. The zero-order chi connectivity index (χ0) is 13.9. The molecule has 5 nitrogen and oxygen atoms in total. The molecule has 0 fully saturated rings. The van der Waals surface area contributed by atoms with Crippen LogP contribution < -0.4 is 0 Å². The Hall–Kier alpha value is -1.76. The monoisotopic (exact) mass is 278 g/mol. The Morgan fingerprint density at radius 3 is 2.67 bits per heavy atom. The van der Waals surface area contributed by atoms with Gasteiger partial charge in [-0.2, -0.15) is 0 Å². The summed E-state index contributed by atoms with van der Waals surface area (Å²) < 4.78 is 24.3. The molecule has 0 bridgehead atoms. The molecule has 0 unspecified atom stereocenters. The van der Waals surface area contributed by atoms with E-state index < -0.39 is 23.8 Å². The van der Waals surface area contributed by atoms with E-state index in [4.69, 9.17) is 11.6 Å². The van der Waals surface area contributed by atoms with Crippen molar-refractivity contribution in [1.82, 2.24) is 4.90 Å². The van der Waals surface area contributed by atoms with Crippen LogP contribution in [0.3, 0.4) is 0 Å². The van der Waals surface area contributed by atoms with Gasteiger partial charge in [-0.1, -0.05) is 11.6 Å². The van der Waals surface area contributed by atoms with Crippen molar-refractivity contribution in [3.63, 3.8) is 0 Å². The molecule has 8 heteroatoms. The van der Waals surface area contributed by atoms with Gasteiger partial charge in [-0.15, -0.1) is 0 Å². The van der Waals surface area contributed by atoms with Gasteiger partial charge in [0, 0.05) is 19.2 Å². The van der Waals surface area contributed by atoms with Crippen LogP contribution in [0.4, 0.5) is 14.5 Å². The van der Waals surface area contributed by atoms with E-state index in [0.29, 0.717) is 0 Å². The van der Waals surface area contributed by atoms with Gasteiger partial charge in [-0.3, -0.25) is 14.9 Å². The number of benzene rings is 1. The van der Waals surface area contributed by atoms with E-state index in [1.807, 2.05) is 0 Å². The molecule has 1 aromatic carbocycles. The first kappa shape index (κ1) is 14.3. The third kappa shape index (κ3) is 3.36. The van der Waals surface area contributed by atoms with E-state index in [-0.39, 0.29) is 16.3 Å². The smallest absolute Gasteiger partial charge is 0.270 e. The maximum absolute atomic E-state index is 12.1. The van der Waals surface area contributed by atoms with Gasteiger partial charge in [-0.05, 0) is 6.07 Å². The molecule has 98 valence electrons. The Labute approximate surface area is 106 Å². The molecule has 0 saturated carbocycles. The van der Waals surface area contributed by atoms with Crippen molar-refractivity contribution in [3.05, 3.63) is 38.9 Å². The van der Waals surface area contributed by atoms with Crippen molar-refractivity contribution in [2.45, 2.75) is 6.43 Å². The van der Waals surface area contributed by atoms with E-state index in [9.17, 15) is 23.7 Å². The van der Waals surface area contributed by atoms with E-state index in [0.717, 1.165) is 17.0 Å². The molecular weight excluding hydrogens is 270 g/mol. The molecule has 0 aliphatic heterocycles. The fourth-order valence-electron chi connectivity index (χ4n) is 1.29. The van der Waals surface area contributed by atoms with Crippen LogP contribution in [0.15, 0.2) is 18.2 Å². The molecule has 0 atom stereocenters. The topological polar surface area (TPSA) is 63.5 Å². The standard InChI is InChI=1S/C10H9ClF2N2O3/c1-14(5-9(12)13)10(16)7-4-6(15(17)18)2-3-8(7)11/h2-4,9H,5H2,1H3. The number of alkyl halides is 2. The molecular formula is C10H9ClF2N2O3. The predicted octanol–water partition coefficient (Wildman–Crippen LogP) is 2.59. The lowest BCUT2D eigenvalue weighted by molar-refractivity contribution is -0.384. The normalized spacial score (nSPS) is 10.5. The Kier molecular flexibility index (Phi) is 4.55. The number of carbonyl (C=O) groups excluding carboxylic acids is 1. The zero-order valence-electron chi connectivity index (χ0n) is 9.27. The largest absolute Gasteiger partial charge is 0.336 e. The van der Waals surface area contributed by atoms with Crippen LogP contribution in [0.2, 0.25) is 5.02 Å². The van der Waals surface area contributed by atoms with E-state index in [1.165, 1.54) is 13.1 Å². The fourth-order valence-corrected chi connectivity index (χ4v) is 1.48. The lowest BCUT2D eigenvalue weighted by atomic mass is 10.2. The Morgan fingerprint density at radius 2 is 2.17 bits per heavy atom. The van der Waals surface area contributed by atoms with E-state index >= 15 is 0 Å². The fraction of sp³-hybridized carbons (Fsp3) is 0.300. The van der Waals surface area contributed by atoms with Crippen molar-refractivity contribution in [2.24, 2.45) is 0 Å². The number of nitro benzene ring substituents is 1. The highest BCUT2D eigenvalue weighted by molar-refractivity contribution is 6.33. The Bertz CT molecular complexity index is 482. The number of hydrogen-bond acceptors (Lipinski definition) is 3. The van der Waals surface area contributed by atoms with Gasteiger partial charge >= 0.3 is 0 Å². The zero-order valence-corrected chi connectivity index (χ0v) is 10.0. The van der Waals surface area contributed by atoms with Gasteiger partial charge < -0.3 is 4.90 Å². The summed E-state index contributed by atoms with van der Waals surface area (Å²) in [7, 11) is 1.17. The molecule has 1 aromatic rings. The highest BCUT2D eigenvalue weighted by Crippen LogP contribution is 2.23. The highest BCUT2D eigenvalue weighted by Gasteiger charge is 2.20. The highest BCUT2D eigenvalue weighted by atomic mass is 35.5. The van der Waals surface area contributed by atoms with Gasteiger partial charge in [0.05, 0.1) is 22.1 Å². The van der Waals surface area contributed by atoms with Gasteiger partial charge in [0.15, 0.2) is 0 Å². The number of carbonyl (C=O) groups is 1. The van der Waals surface area contributed by atoms with Crippen LogP contribution in [0.5, 0.6) is 0 Å². The molecule has 18 heavy (non-hydrogen) atoms. The van der Waals surface area contributed by atoms with Crippen molar-refractivity contribution in [3.8, 4) is 0 Å². The molecule has 0 radical (unpaired) electrons. The predicted molar refractivity (Wildman–Crippen MR) is 61.1 cm³/mol. The van der Waals surface area contributed by atoms with Crippen LogP contribution in [0, 0.1) is 10.1 Å². The first-order valence-corrected chi connectivity index (χ1v) is 5.18. The number of nitrogens with zero attached hydrogens (tertiary/aromatic N) is 2. The second-order valence-electron chi connectivity index (χ2n) is 3.50. The van der Waals surface area contributed by atoms with E-state index in [1.54, 1.807) is 0 Å². The summed E-state index contributed by atoms with van der Waals surface area (Å²) in [6.07, 6.45) is -2.68. The van der Waals surface area contributed by atoms with Crippen LogP contribution >= 0.6 is 11.6 Å². The van der Waals surface area contributed by atoms with Crippen molar-refractivity contribution < 1.29 is 18.5 Å². The maximum atomic E-state index is 12.1. The van der Waals surface area contributed by atoms with Gasteiger partial charge in [0.1, 0.15) is 0 Å². The number of amides is 1. The second kappa shape index (κ2) is 5.72. The lowest BCUT2D eigenvalue weighted by Crippen LogP contribution is -2.31.